The minimum Gasteiger partial charge on any atom is -0.467 e. The Balaban J connectivity index is 1.13. The van der Waals surface area contributed by atoms with Crippen molar-refractivity contribution in [1.82, 2.24) is 20.3 Å². The molecule has 1 aliphatic carbocycles. The van der Waals surface area contributed by atoms with Crippen LogP contribution in [0.5, 0.6) is 12.0 Å². The lowest BCUT2D eigenvalue weighted by molar-refractivity contribution is -0.126. The molecule has 38 heavy (non-hydrogen) atoms. The molecule has 2 saturated heterocycles. The van der Waals surface area contributed by atoms with Crippen LogP contribution in [0.4, 0.5) is 22.1 Å². The summed E-state index contributed by atoms with van der Waals surface area (Å²) < 4.78 is 15.8. The average molecular weight is 526 g/mol. The normalized spacial score (nSPS) is 20.3. The highest BCUT2D eigenvalue weighted by Gasteiger charge is 2.33. The van der Waals surface area contributed by atoms with Gasteiger partial charge in [-0.1, -0.05) is 19.3 Å². The minimum atomic E-state index is -0.383. The highest BCUT2D eigenvalue weighted by Crippen LogP contribution is 2.27. The van der Waals surface area contributed by atoms with Crippen LogP contribution in [0.3, 0.4) is 0 Å². The molecule has 1 aromatic heterocycles. The Kier molecular flexibility index (Phi) is 7.94. The molecule has 12 nitrogen and oxygen atoms in total. The summed E-state index contributed by atoms with van der Waals surface area (Å²) in [6.45, 7) is 3.78. The van der Waals surface area contributed by atoms with Gasteiger partial charge in [-0.25, -0.2) is 4.79 Å². The van der Waals surface area contributed by atoms with E-state index in [1.807, 2.05) is 24.3 Å². The standard InChI is InChI=1S/C26H35N7O5/c1-36-24-28-23(29-25(30-24)37-2)32-14-12-31(13-15-32)19-8-10-20(11-9-19)33-17-21(38-26(33)35)16-27-22(34)18-6-4-3-5-7-18/h8-11,18,21H,3-7,12-17H2,1-2H3,(H,27,34). The number of anilines is 3. The van der Waals surface area contributed by atoms with Crippen LogP contribution < -0.4 is 29.5 Å². The van der Waals surface area contributed by atoms with Crippen LogP contribution in [0, 0.1) is 5.92 Å². The van der Waals surface area contributed by atoms with Gasteiger partial charge in [0.05, 0.1) is 27.3 Å². The molecule has 1 unspecified atom stereocenters. The second-order valence-corrected chi connectivity index (χ2v) is 9.80. The molecule has 1 atom stereocenters. The lowest BCUT2D eigenvalue weighted by Crippen LogP contribution is -2.47. The van der Waals surface area contributed by atoms with Gasteiger partial charge in [-0.15, -0.1) is 4.98 Å². The number of piperazine rings is 1. The van der Waals surface area contributed by atoms with Gasteiger partial charge in [0.1, 0.15) is 6.10 Å². The van der Waals surface area contributed by atoms with Gasteiger partial charge in [-0.05, 0) is 37.1 Å². The summed E-state index contributed by atoms with van der Waals surface area (Å²) in [7, 11) is 3.02. The number of benzene rings is 1. The summed E-state index contributed by atoms with van der Waals surface area (Å²) in [6, 6.07) is 8.36. The Labute approximate surface area is 222 Å². The van der Waals surface area contributed by atoms with Crippen molar-refractivity contribution in [3.8, 4) is 12.0 Å². The maximum Gasteiger partial charge on any atom is 0.414 e. The van der Waals surface area contributed by atoms with Crippen LogP contribution in [0.15, 0.2) is 24.3 Å². The van der Waals surface area contributed by atoms with Gasteiger partial charge < -0.3 is 29.3 Å². The first-order chi connectivity index (χ1) is 18.5. The molecule has 2 amide bonds. The number of nitrogens with zero attached hydrogens (tertiary/aromatic N) is 6. The number of hydrogen-bond donors (Lipinski definition) is 1. The van der Waals surface area contributed by atoms with Crippen LogP contribution in [-0.2, 0) is 9.53 Å². The van der Waals surface area contributed by atoms with E-state index in [0.717, 1.165) is 63.2 Å². The van der Waals surface area contributed by atoms with Crippen molar-refractivity contribution in [3.63, 3.8) is 0 Å². The molecular weight excluding hydrogens is 490 g/mol. The zero-order valence-electron chi connectivity index (χ0n) is 22.0. The van der Waals surface area contributed by atoms with E-state index in [0.29, 0.717) is 19.0 Å². The van der Waals surface area contributed by atoms with Crippen molar-refractivity contribution >= 4 is 29.3 Å². The van der Waals surface area contributed by atoms with Crippen molar-refractivity contribution < 1.29 is 23.8 Å². The molecular formula is C26H35N7O5. The van der Waals surface area contributed by atoms with E-state index in [2.05, 4.69) is 30.1 Å². The van der Waals surface area contributed by atoms with Crippen LogP contribution in [0.2, 0.25) is 0 Å². The van der Waals surface area contributed by atoms with E-state index in [1.54, 1.807) is 4.90 Å². The summed E-state index contributed by atoms with van der Waals surface area (Å²) in [4.78, 5) is 43.7. The van der Waals surface area contributed by atoms with Crippen molar-refractivity contribution in [1.29, 1.82) is 0 Å². The third kappa shape index (κ3) is 5.84. The summed E-state index contributed by atoms with van der Waals surface area (Å²) in [5.41, 5.74) is 1.85. The van der Waals surface area contributed by atoms with Crippen molar-refractivity contribution in [2.24, 2.45) is 5.92 Å². The highest BCUT2D eigenvalue weighted by atomic mass is 16.6. The van der Waals surface area contributed by atoms with Crippen LogP contribution in [0.1, 0.15) is 32.1 Å². The predicted octanol–water partition coefficient (Wildman–Crippen LogP) is 2.24. The molecule has 12 heteroatoms. The fourth-order valence-electron chi connectivity index (χ4n) is 5.22. The van der Waals surface area contributed by atoms with Crippen molar-refractivity contribution in [2.45, 2.75) is 38.2 Å². The van der Waals surface area contributed by atoms with E-state index in [1.165, 1.54) is 20.6 Å². The Morgan fingerprint density at radius 2 is 1.53 bits per heavy atom. The average Bonchev–Trinajstić information content (AvgIpc) is 3.36. The van der Waals surface area contributed by atoms with Crippen LogP contribution in [0.25, 0.3) is 0 Å². The van der Waals surface area contributed by atoms with E-state index >= 15 is 0 Å². The molecule has 3 aliphatic rings. The molecule has 0 spiro atoms. The van der Waals surface area contributed by atoms with Gasteiger partial charge in [-0.3, -0.25) is 9.69 Å². The van der Waals surface area contributed by atoms with E-state index in [9.17, 15) is 9.59 Å². The summed E-state index contributed by atoms with van der Waals surface area (Å²) in [6.07, 6.45) is 4.59. The monoisotopic (exact) mass is 525 g/mol. The molecule has 1 saturated carbocycles. The number of cyclic esters (lactones) is 1. The minimum absolute atomic E-state index is 0.0809. The van der Waals surface area contributed by atoms with Gasteiger partial charge in [0.15, 0.2) is 0 Å². The first-order valence-corrected chi connectivity index (χ1v) is 13.2. The summed E-state index contributed by atoms with van der Waals surface area (Å²) >= 11 is 0. The molecule has 2 aromatic rings. The second-order valence-electron chi connectivity index (χ2n) is 9.80. The molecule has 3 fully saturated rings. The number of aromatic nitrogens is 3. The molecule has 0 bridgehead atoms. The Hall–Kier alpha value is -3.83. The zero-order valence-corrected chi connectivity index (χ0v) is 22.0. The van der Waals surface area contributed by atoms with Crippen molar-refractivity contribution in [3.05, 3.63) is 24.3 Å². The number of carbonyl (C=O) groups excluding carboxylic acids is 2. The Morgan fingerprint density at radius 1 is 0.921 bits per heavy atom. The van der Waals surface area contributed by atoms with Crippen LogP contribution in [-0.4, -0.2) is 86.5 Å². The number of rotatable bonds is 8. The van der Waals surface area contributed by atoms with Gasteiger partial charge >= 0.3 is 18.1 Å². The second kappa shape index (κ2) is 11.7. The van der Waals surface area contributed by atoms with E-state index in [-0.39, 0.29) is 36.0 Å². The Bertz CT molecular complexity index is 1100. The largest absolute Gasteiger partial charge is 0.467 e. The van der Waals surface area contributed by atoms with E-state index in [4.69, 9.17) is 14.2 Å². The number of nitrogens with one attached hydrogen (secondary N) is 1. The molecule has 1 aromatic carbocycles. The van der Waals surface area contributed by atoms with Crippen LogP contribution >= 0.6 is 0 Å². The summed E-state index contributed by atoms with van der Waals surface area (Å²) in [5.74, 6) is 0.701. The highest BCUT2D eigenvalue weighted by molar-refractivity contribution is 5.90. The number of carbonyl (C=O) groups is 2. The molecule has 3 heterocycles. The molecule has 204 valence electrons. The van der Waals surface area contributed by atoms with Crippen molar-refractivity contribution in [2.75, 3.05) is 68.2 Å². The predicted molar refractivity (Wildman–Crippen MR) is 141 cm³/mol. The third-order valence-corrected chi connectivity index (χ3v) is 7.39. The molecule has 1 N–H and O–H groups in total. The van der Waals surface area contributed by atoms with E-state index < -0.39 is 0 Å². The van der Waals surface area contributed by atoms with Gasteiger partial charge in [0, 0.05) is 43.5 Å². The maximum absolute atomic E-state index is 12.5. The van der Waals surface area contributed by atoms with Gasteiger partial charge in [-0.2, -0.15) is 9.97 Å². The Morgan fingerprint density at radius 3 is 2.16 bits per heavy atom. The fraction of sp³-hybridized carbons (Fsp3) is 0.577. The molecule has 2 aliphatic heterocycles. The lowest BCUT2D eigenvalue weighted by Gasteiger charge is -2.36. The number of amides is 2. The summed E-state index contributed by atoms with van der Waals surface area (Å²) in [5, 5.41) is 2.99. The quantitative estimate of drug-likeness (QED) is 0.549. The SMILES string of the molecule is COc1nc(OC)nc(N2CCN(c3ccc(N4CC(CNC(=O)C5CCCCC5)OC4=O)cc3)CC2)n1. The maximum atomic E-state index is 12.5. The van der Waals surface area contributed by atoms with Gasteiger partial charge in [0.2, 0.25) is 11.9 Å². The molecule has 5 rings (SSSR count). The number of methoxy groups -OCH3 is 2. The first-order valence-electron chi connectivity index (χ1n) is 13.2. The number of hydrogen-bond acceptors (Lipinski definition) is 10. The van der Waals surface area contributed by atoms with Gasteiger partial charge in [0.25, 0.3) is 0 Å². The number of ether oxygens (including phenoxy) is 3. The lowest BCUT2D eigenvalue weighted by atomic mass is 9.88. The topological polar surface area (TPSA) is 122 Å². The third-order valence-electron chi connectivity index (χ3n) is 7.39. The zero-order chi connectivity index (χ0) is 26.5. The smallest absolute Gasteiger partial charge is 0.414 e. The first kappa shape index (κ1) is 25.8. The molecule has 0 radical (unpaired) electrons. The fourth-order valence-corrected chi connectivity index (χ4v) is 5.22.